The highest BCUT2D eigenvalue weighted by molar-refractivity contribution is 7.18. The van der Waals surface area contributed by atoms with Crippen LogP contribution in [0.15, 0.2) is 72.8 Å². The Morgan fingerprint density at radius 1 is 0.939 bits per heavy atom. The van der Waals surface area contributed by atoms with Gasteiger partial charge in [-0.2, -0.15) is 0 Å². The zero-order valence-corrected chi connectivity index (χ0v) is 18.6. The van der Waals surface area contributed by atoms with Gasteiger partial charge in [0.2, 0.25) is 0 Å². The van der Waals surface area contributed by atoms with Crippen LogP contribution in [0.5, 0.6) is 17.2 Å². The summed E-state index contributed by atoms with van der Waals surface area (Å²) in [5.74, 6) is 1.82. The summed E-state index contributed by atoms with van der Waals surface area (Å²) in [6.07, 6.45) is 0. The average molecular weight is 460 g/mol. The maximum Gasteiger partial charge on any atom is 0.268 e. The Kier molecular flexibility index (Phi) is 5.82. The SMILES string of the molecule is COc1ccc(Nc2nc(-c3ccccc3)c(C(=O)Nc3ccc4c(c3)OCCO4)s2)cc1. The van der Waals surface area contributed by atoms with Crippen molar-refractivity contribution in [3.8, 4) is 28.5 Å². The van der Waals surface area contributed by atoms with Crippen LogP contribution in [0.1, 0.15) is 9.67 Å². The number of carbonyl (C=O) groups is 1. The highest BCUT2D eigenvalue weighted by Crippen LogP contribution is 2.35. The second-order valence-corrected chi connectivity index (χ2v) is 8.23. The lowest BCUT2D eigenvalue weighted by molar-refractivity contribution is 0.103. The fourth-order valence-electron chi connectivity index (χ4n) is 3.43. The van der Waals surface area contributed by atoms with Crippen molar-refractivity contribution in [3.63, 3.8) is 0 Å². The van der Waals surface area contributed by atoms with Gasteiger partial charge in [0.1, 0.15) is 23.8 Å². The van der Waals surface area contributed by atoms with Crippen LogP contribution < -0.4 is 24.8 Å². The van der Waals surface area contributed by atoms with E-state index in [2.05, 4.69) is 10.6 Å². The van der Waals surface area contributed by atoms with E-state index in [0.717, 1.165) is 17.0 Å². The Balaban J connectivity index is 1.44. The molecule has 8 heteroatoms. The van der Waals surface area contributed by atoms with Gasteiger partial charge in [0.05, 0.1) is 12.8 Å². The van der Waals surface area contributed by atoms with E-state index < -0.39 is 0 Å². The number of aromatic nitrogens is 1. The summed E-state index contributed by atoms with van der Waals surface area (Å²) < 4.78 is 16.4. The normalized spacial score (nSPS) is 12.2. The maximum absolute atomic E-state index is 13.3. The van der Waals surface area contributed by atoms with Crippen LogP contribution in [0.3, 0.4) is 0 Å². The number of hydrogen-bond donors (Lipinski definition) is 2. The Labute approximate surface area is 195 Å². The lowest BCUT2D eigenvalue weighted by Crippen LogP contribution is -2.16. The number of fused-ring (bicyclic) bond motifs is 1. The van der Waals surface area contributed by atoms with Gasteiger partial charge in [-0.3, -0.25) is 4.79 Å². The fraction of sp³-hybridized carbons (Fsp3) is 0.120. The molecule has 0 unspecified atom stereocenters. The molecule has 7 nitrogen and oxygen atoms in total. The third kappa shape index (κ3) is 4.61. The molecule has 33 heavy (non-hydrogen) atoms. The number of amides is 1. The number of carbonyl (C=O) groups excluding carboxylic acids is 1. The minimum absolute atomic E-state index is 0.245. The van der Waals surface area contributed by atoms with Gasteiger partial charge in [-0.1, -0.05) is 41.7 Å². The largest absolute Gasteiger partial charge is 0.497 e. The molecule has 4 aromatic rings. The monoisotopic (exact) mass is 459 g/mol. The van der Waals surface area contributed by atoms with Crippen LogP contribution in [0.25, 0.3) is 11.3 Å². The van der Waals surface area contributed by atoms with E-state index in [1.54, 1.807) is 25.3 Å². The van der Waals surface area contributed by atoms with Crippen LogP contribution in [0, 0.1) is 0 Å². The molecule has 1 amide bonds. The van der Waals surface area contributed by atoms with Gasteiger partial charge in [-0.05, 0) is 36.4 Å². The van der Waals surface area contributed by atoms with Gasteiger partial charge in [0, 0.05) is 23.0 Å². The van der Waals surface area contributed by atoms with E-state index in [1.165, 1.54) is 11.3 Å². The number of thiazole rings is 1. The van der Waals surface area contributed by atoms with Crippen LogP contribution in [0.2, 0.25) is 0 Å². The topological polar surface area (TPSA) is 81.7 Å². The number of methoxy groups -OCH3 is 1. The third-order valence-electron chi connectivity index (χ3n) is 5.02. The van der Waals surface area contributed by atoms with Gasteiger partial charge >= 0.3 is 0 Å². The van der Waals surface area contributed by atoms with Crippen LogP contribution in [-0.2, 0) is 0 Å². The van der Waals surface area contributed by atoms with Crippen molar-refractivity contribution < 1.29 is 19.0 Å². The molecule has 1 aliphatic heterocycles. The molecule has 0 bridgehead atoms. The molecule has 0 aliphatic carbocycles. The summed E-state index contributed by atoms with van der Waals surface area (Å²) in [5, 5.41) is 6.86. The standard InChI is InChI=1S/C25H21N3O4S/c1-30-19-10-7-17(8-11-19)27-25-28-22(16-5-3-2-4-6-16)23(33-25)24(29)26-18-9-12-20-21(15-18)32-14-13-31-20/h2-12,15H,13-14H2,1H3,(H,26,29)(H,27,28). The van der Waals surface area contributed by atoms with Crippen LogP contribution in [0.4, 0.5) is 16.5 Å². The minimum Gasteiger partial charge on any atom is -0.497 e. The molecule has 0 saturated heterocycles. The summed E-state index contributed by atoms with van der Waals surface area (Å²) >= 11 is 1.29. The summed E-state index contributed by atoms with van der Waals surface area (Å²) in [6, 6.07) is 22.5. The number of hydrogen-bond acceptors (Lipinski definition) is 7. The predicted octanol–water partition coefficient (Wildman–Crippen LogP) is 5.59. The van der Waals surface area contributed by atoms with Gasteiger partial charge in [-0.15, -0.1) is 0 Å². The Hall–Kier alpha value is -4.04. The molecular formula is C25H21N3O4S. The first-order valence-electron chi connectivity index (χ1n) is 10.4. The fourth-order valence-corrected chi connectivity index (χ4v) is 4.33. The van der Waals surface area contributed by atoms with E-state index >= 15 is 0 Å². The zero-order chi connectivity index (χ0) is 22.6. The highest BCUT2D eigenvalue weighted by atomic mass is 32.1. The Morgan fingerprint density at radius 2 is 1.67 bits per heavy atom. The highest BCUT2D eigenvalue weighted by Gasteiger charge is 2.21. The number of nitrogens with one attached hydrogen (secondary N) is 2. The molecule has 3 aromatic carbocycles. The predicted molar refractivity (Wildman–Crippen MR) is 129 cm³/mol. The first-order chi connectivity index (χ1) is 16.2. The second-order valence-electron chi connectivity index (χ2n) is 7.23. The van der Waals surface area contributed by atoms with E-state index in [4.69, 9.17) is 19.2 Å². The molecule has 166 valence electrons. The molecular weight excluding hydrogens is 438 g/mol. The summed E-state index contributed by atoms with van der Waals surface area (Å²) in [5.41, 5.74) is 2.96. The van der Waals surface area contributed by atoms with Crippen molar-refractivity contribution in [1.29, 1.82) is 0 Å². The third-order valence-corrected chi connectivity index (χ3v) is 5.99. The molecule has 0 saturated carbocycles. The molecule has 5 rings (SSSR count). The van der Waals surface area contributed by atoms with Crippen LogP contribution >= 0.6 is 11.3 Å². The van der Waals surface area contributed by atoms with Crippen LogP contribution in [-0.4, -0.2) is 31.2 Å². The molecule has 2 heterocycles. The first-order valence-corrected chi connectivity index (χ1v) is 11.2. The molecule has 1 aromatic heterocycles. The molecule has 0 radical (unpaired) electrons. The van der Waals surface area contributed by atoms with Crippen molar-refractivity contribution >= 4 is 33.8 Å². The Bertz CT molecular complexity index is 1270. The summed E-state index contributed by atoms with van der Waals surface area (Å²) in [4.78, 5) is 18.5. The van der Waals surface area contributed by atoms with Crippen molar-refractivity contribution in [1.82, 2.24) is 4.98 Å². The smallest absolute Gasteiger partial charge is 0.268 e. The maximum atomic E-state index is 13.3. The van der Waals surface area contributed by atoms with Gasteiger partial charge in [0.15, 0.2) is 16.6 Å². The molecule has 0 spiro atoms. The van der Waals surface area contributed by atoms with Crippen molar-refractivity contribution in [2.75, 3.05) is 31.0 Å². The summed E-state index contributed by atoms with van der Waals surface area (Å²) in [7, 11) is 1.63. The lowest BCUT2D eigenvalue weighted by atomic mass is 10.1. The Morgan fingerprint density at radius 3 is 2.42 bits per heavy atom. The lowest BCUT2D eigenvalue weighted by Gasteiger charge is -2.19. The van der Waals surface area contributed by atoms with Crippen molar-refractivity contribution in [3.05, 3.63) is 77.7 Å². The van der Waals surface area contributed by atoms with E-state index in [9.17, 15) is 4.79 Å². The molecule has 0 atom stereocenters. The minimum atomic E-state index is -0.245. The van der Waals surface area contributed by atoms with Crippen molar-refractivity contribution in [2.45, 2.75) is 0 Å². The number of benzene rings is 3. The number of nitrogens with zero attached hydrogens (tertiary/aromatic N) is 1. The van der Waals surface area contributed by atoms with Gasteiger partial charge < -0.3 is 24.8 Å². The second kappa shape index (κ2) is 9.22. The van der Waals surface area contributed by atoms with Crippen molar-refractivity contribution in [2.24, 2.45) is 0 Å². The number of anilines is 3. The zero-order valence-electron chi connectivity index (χ0n) is 17.8. The van der Waals surface area contributed by atoms with Gasteiger partial charge in [-0.25, -0.2) is 4.98 Å². The number of rotatable bonds is 6. The van der Waals surface area contributed by atoms with E-state index in [-0.39, 0.29) is 5.91 Å². The molecule has 2 N–H and O–H groups in total. The molecule has 0 fully saturated rings. The van der Waals surface area contributed by atoms with Gasteiger partial charge in [0.25, 0.3) is 5.91 Å². The first kappa shape index (κ1) is 20.8. The van der Waals surface area contributed by atoms with E-state index in [1.807, 2.05) is 54.6 Å². The van der Waals surface area contributed by atoms with E-state index in [0.29, 0.717) is 46.1 Å². The molecule has 1 aliphatic rings. The quantitative estimate of drug-likeness (QED) is 0.391. The number of ether oxygens (including phenoxy) is 3. The average Bonchev–Trinajstić information content (AvgIpc) is 3.29. The summed E-state index contributed by atoms with van der Waals surface area (Å²) in [6.45, 7) is 1.00.